The molecule has 1 saturated heterocycles. The lowest BCUT2D eigenvalue weighted by Crippen LogP contribution is -2.15. The van der Waals surface area contributed by atoms with Crippen molar-refractivity contribution in [2.45, 2.75) is 13.0 Å². The maximum absolute atomic E-state index is 5.50. The molecule has 1 aliphatic carbocycles. The van der Waals surface area contributed by atoms with Gasteiger partial charge in [-0.15, -0.1) is 0 Å². The minimum atomic E-state index is 0.422. The molecule has 0 amide bonds. The molecule has 10 heavy (non-hydrogen) atoms. The second-order valence-electron chi connectivity index (χ2n) is 3.05. The monoisotopic (exact) mass is 136 g/mol. The fourth-order valence-electron chi connectivity index (χ4n) is 1.72. The molecule has 1 aliphatic heterocycles. The fraction of sp³-hybridized carbons (Fsp3) is 0.556. The molecule has 2 aliphatic rings. The first-order valence-electron chi connectivity index (χ1n) is 3.84. The number of hydrogen-bond donors (Lipinski definition) is 0. The first kappa shape index (κ1) is 6.17. The van der Waals surface area contributed by atoms with Crippen LogP contribution in [0.15, 0.2) is 24.3 Å². The van der Waals surface area contributed by atoms with E-state index < -0.39 is 0 Å². The van der Waals surface area contributed by atoms with Crippen LogP contribution < -0.4 is 0 Å². The Balaban J connectivity index is 2.19. The third kappa shape index (κ3) is 0.816. The van der Waals surface area contributed by atoms with Crippen LogP contribution >= 0.6 is 0 Å². The summed E-state index contributed by atoms with van der Waals surface area (Å²) in [5.41, 5.74) is 0. The maximum atomic E-state index is 5.50. The van der Waals surface area contributed by atoms with Gasteiger partial charge in [0, 0.05) is 11.8 Å². The summed E-state index contributed by atoms with van der Waals surface area (Å²) in [6.07, 6.45) is 9.15. The Morgan fingerprint density at radius 1 is 1.30 bits per heavy atom. The topological polar surface area (TPSA) is 9.23 Å². The van der Waals surface area contributed by atoms with Crippen LogP contribution in [0.5, 0.6) is 0 Å². The summed E-state index contributed by atoms with van der Waals surface area (Å²) in [6, 6.07) is 0. The molecular formula is C9H12O. The van der Waals surface area contributed by atoms with E-state index in [2.05, 4.69) is 31.2 Å². The SMILES string of the molecule is CC1OCC2C=CC=CC21. The minimum Gasteiger partial charge on any atom is -0.377 e. The summed E-state index contributed by atoms with van der Waals surface area (Å²) in [5.74, 6) is 1.30. The second kappa shape index (κ2) is 2.24. The molecule has 0 radical (unpaired) electrons. The van der Waals surface area contributed by atoms with E-state index in [1.54, 1.807) is 0 Å². The predicted molar refractivity (Wildman–Crippen MR) is 40.7 cm³/mol. The van der Waals surface area contributed by atoms with Crippen LogP contribution in [0.2, 0.25) is 0 Å². The zero-order valence-corrected chi connectivity index (χ0v) is 6.16. The Morgan fingerprint density at radius 3 is 2.90 bits per heavy atom. The summed E-state index contributed by atoms with van der Waals surface area (Å²) < 4.78 is 5.50. The van der Waals surface area contributed by atoms with E-state index in [9.17, 15) is 0 Å². The van der Waals surface area contributed by atoms with Crippen LogP contribution in [-0.4, -0.2) is 12.7 Å². The highest BCUT2D eigenvalue weighted by atomic mass is 16.5. The van der Waals surface area contributed by atoms with Gasteiger partial charge >= 0.3 is 0 Å². The number of rotatable bonds is 0. The predicted octanol–water partition coefficient (Wildman–Crippen LogP) is 1.76. The normalized spacial score (nSPS) is 43.9. The molecule has 1 heteroatoms. The van der Waals surface area contributed by atoms with E-state index in [1.807, 2.05) is 0 Å². The molecule has 1 fully saturated rings. The average molecular weight is 136 g/mol. The van der Waals surface area contributed by atoms with Gasteiger partial charge in [0.05, 0.1) is 12.7 Å². The standard InChI is InChI=1S/C9H12O/c1-7-9-5-3-2-4-8(9)6-10-7/h2-5,7-9H,6H2,1H3. The lowest BCUT2D eigenvalue weighted by atomic mass is 9.88. The molecule has 0 aromatic rings. The zero-order chi connectivity index (χ0) is 6.97. The smallest absolute Gasteiger partial charge is 0.0616 e. The van der Waals surface area contributed by atoms with Crippen molar-refractivity contribution < 1.29 is 4.74 Å². The molecule has 0 saturated carbocycles. The highest BCUT2D eigenvalue weighted by Crippen LogP contribution is 2.31. The highest BCUT2D eigenvalue weighted by Gasteiger charge is 2.31. The van der Waals surface area contributed by atoms with Gasteiger partial charge in [-0.05, 0) is 6.92 Å². The van der Waals surface area contributed by atoms with Crippen molar-refractivity contribution in [3.8, 4) is 0 Å². The van der Waals surface area contributed by atoms with Gasteiger partial charge in [-0.25, -0.2) is 0 Å². The van der Waals surface area contributed by atoms with E-state index in [0.717, 1.165) is 6.61 Å². The molecule has 1 heterocycles. The number of fused-ring (bicyclic) bond motifs is 1. The number of ether oxygens (including phenoxy) is 1. The van der Waals surface area contributed by atoms with E-state index in [-0.39, 0.29) is 0 Å². The van der Waals surface area contributed by atoms with Crippen molar-refractivity contribution in [3.05, 3.63) is 24.3 Å². The Morgan fingerprint density at radius 2 is 2.10 bits per heavy atom. The van der Waals surface area contributed by atoms with Gasteiger partial charge in [0.2, 0.25) is 0 Å². The van der Waals surface area contributed by atoms with Crippen molar-refractivity contribution in [3.63, 3.8) is 0 Å². The molecule has 3 unspecified atom stereocenters. The molecule has 1 nitrogen and oxygen atoms in total. The van der Waals surface area contributed by atoms with Crippen LogP contribution in [0, 0.1) is 11.8 Å². The number of allylic oxidation sites excluding steroid dienone is 2. The van der Waals surface area contributed by atoms with E-state index >= 15 is 0 Å². The van der Waals surface area contributed by atoms with Gasteiger partial charge in [-0.1, -0.05) is 24.3 Å². The molecule has 0 spiro atoms. The van der Waals surface area contributed by atoms with Gasteiger partial charge in [-0.3, -0.25) is 0 Å². The van der Waals surface area contributed by atoms with Crippen molar-refractivity contribution in [2.75, 3.05) is 6.61 Å². The molecular weight excluding hydrogens is 124 g/mol. The van der Waals surface area contributed by atoms with Gasteiger partial charge < -0.3 is 4.74 Å². The lowest BCUT2D eigenvalue weighted by molar-refractivity contribution is 0.113. The Bertz CT molecular complexity index is 181. The first-order valence-corrected chi connectivity index (χ1v) is 3.84. The summed E-state index contributed by atoms with van der Waals surface area (Å²) >= 11 is 0. The zero-order valence-electron chi connectivity index (χ0n) is 6.16. The fourth-order valence-corrected chi connectivity index (χ4v) is 1.72. The number of hydrogen-bond acceptors (Lipinski definition) is 1. The Labute approximate surface area is 61.4 Å². The molecule has 2 rings (SSSR count). The third-order valence-corrected chi connectivity index (χ3v) is 2.39. The van der Waals surface area contributed by atoms with Gasteiger partial charge in [0.25, 0.3) is 0 Å². The quantitative estimate of drug-likeness (QED) is 0.493. The van der Waals surface area contributed by atoms with Crippen LogP contribution in [0.1, 0.15) is 6.92 Å². The van der Waals surface area contributed by atoms with E-state index in [1.165, 1.54) is 0 Å². The molecule has 0 aromatic carbocycles. The van der Waals surface area contributed by atoms with E-state index in [4.69, 9.17) is 4.74 Å². The van der Waals surface area contributed by atoms with Crippen molar-refractivity contribution in [1.29, 1.82) is 0 Å². The molecule has 0 aromatic heterocycles. The largest absolute Gasteiger partial charge is 0.377 e. The van der Waals surface area contributed by atoms with Gasteiger partial charge in [0.15, 0.2) is 0 Å². The summed E-state index contributed by atoms with van der Waals surface area (Å²) in [6.45, 7) is 3.06. The maximum Gasteiger partial charge on any atom is 0.0616 e. The van der Waals surface area contributed by atoms with Crippen molar-refractivity contribution in [2.24, 2.45) is 11.8 Å². The minimum absolute atomic E-state index is 0.422. The van der Waals surface area contributed by atoms with Gasteiger partial charge in [-0.2, -0.15) is 0 Å². The Hall–Kier alpha value is -0.560. The molecule has 3 atom stereocenters. The van der Waals surface area contributed by atoms with E-state index in [0.29, 0.717) is 17.9 Å². The van der Waals surface area contributed by atoms with Crippen LogP contribution in [0.3, 0.4) is 0 Å². The third-order valence-electron chi connectivity index (χ3n) is 2.39. The second-order valence-corrected chi connectivity index (χ2v) is 3.05. The van der Waals surface area contributed by atoms with Gasteiger partial charge in [0.1, 0.15) is 0 Å². The molecule has 0 bridgehead atoms. The molecule has 54 valence electrons. The molecule has 0 N–H and O–H groups in total. The van der Waals surface area contributed by atoms with Crippen molar-refractivity contribution >= 4 is 0 Å². The summed E-state index contributed by atoms with van der Waals surface area (Å²) in [7, 11) is 0. The average Bonchev–Trinajstić information content (AvgIpc) is 2.34. The summed E-state index contributed by atoms with van der Waals surface area (Å²) in [5, 5.41) is 0. The summed E-state index contributed by atoms with van der Waals surface area (Å²) in [4.78, 5) is 0. The highest BCUT2D eigenvalue weighted by molar-refractivity contribution is 5.16. The Kier molecular flexibility index (Phi) is 1.38. The van der Waals surface area contributed by atoms with Crippen molar-refractivity contribution in [1.82, 2.24) is 0 Å². The van der Waals surface area contributed by atoms with Crippen LogP contribution in [-0.2, 0) is 4.74 Å². The lowest BCUT2D eigenvalue weighted by Gasteiger charge is -2.15. The first-order chi connectivity index (χ1) is 4.88. The van der Waals surface area contributed by atoms with Crippen LogP contribution in [0.4, 0.5) is 0 Å². The van der Waals surface area contributed by atoms with Crippen LogP contribution in [0.25, 0.3) is 0 Å².